The molecule has 2 aromatic heterocycles. The average molecular weight is 775 g/mol. The molecule has 4 aromatic rings. The van der Waals surface area contributed by atoms with Crippen molar-refractivity contribution in [1.29, 1.82) is 0 Å². The lowest BCUT2D eigenvalue weighted by atomic mass is 10.1. The molecule has 2 aliphatic rings. The molecule has 6 rings (SSSR count). The highest BCUT2D eigenvalue weighted by atomic mass is 79.9. The van der Waals surface area contributed by atoms with Gasteiger partial charge in [0.1, 0.15) is 16.9 Å². The first kappa shape index (κ1) is 36.7. The summed E-state index contributed by atoms with van der Waals surface area (Å²) in [6.07, 6.45) is -0.574. The molecule has 2 aromatic carbocycles. The average Bonchev–Trinajstić information content (AvgIpc) is 3.59. The number of halogens is 3. The Balaban J connectivity index is 0.000000191. The van der Waals surface area contributed by atoms with Crippen LogP contribution in [-0.4, -0.2) is 65.8 Å². The van der Waals surface area contributed by atoms with Gasteiger partial charge in [-0.25, -0.2) is 9.59 Å². The molecule has 2 aliphatic heterocycles. The van der Waals surface area contributed by atoms with Crippen molar-refractivity contribution in [2.45, 2.75) is 92.8 Å². The summed E-state index contributed by atoms with van der Waals surface area (Å²) in [5, 5.41) is 10.8. The molecule has 0 N–H and O–H groups in total. The molecule has 4 heterocycles. The van der Waals surface area contributed by atoms with E-state index in [1.54, 1.807) is 9.80 Å². The molecule has 0 radical (unpaired) electrons. The predicted octanol–water partition coefficient (Wildman–Crippen LogP) is 9.29. The summed E-state index contributed by atoms with van der Waals surface area (Å²) in [6, 6.07) is 13.8. The summed E-state index contributed by atoms with van der Waals surface area (Å²) < 4.78 is 15.7. The molecule has 0 fully saturated rings. The van der Waals surface area contributed by atoms with Crippen LogP contribution in [0.4, 0.5) is 9.59 Å². The second-order valence-electron chi connectivity index (χ2n) is 14.3. The van der Waals surface area contributed by atoms with Crippen molar-refractivity contribution in [3.8, 4) is 22.5 Å². The number of carbonyl (C=O) groups is 2. The summed E-state index contributed by atoms with van der Waals surface area (Å²) in [6.45, 7) is 18.6. The van der Waals surface area contributed by atoms with Crippen LogP contribution in [0.1, 0.15) is 64.1 Å². The highest BCUT2D eigenvalue weighted by Crippen LogP contribution is 2.34. The van der Waals surface area contributed by atoms with Gasteiger partial charge in [-0.2, -0.15) is 10.2 Å². The zero-order chi connectivity index (χ0) is 35.8. The molecule has 0 atom stereocenters. The molecule has 0 saturated carbocycles. The number of hydrogen-bond acceptors (Lipinski definition) is 6. The third-order valence-corrected chi connectivity index (χ3v) is 9.58. The lowest BCUT2D eigenvalue weighted by Crippen LogP contribution is -2.41. The van der Waals surface area contributed by atoms with Crippen molar-refractivity contribution < 1.29 is 19.1 Å². The first-order chi connectivity index (χ1) is 22.9. The lowest BCUT2D eigenvalue weighted by molar-refractivity contribution is 0.0184. The first-order valence-corrected chi connectivity index (χ1v) is 17.7. The van der Waals surface area contributed by atoms with Crippen LogP contribution in [0.2, 0.25) is 10.0 Å². The molecule has 0 saturated heterocycles. The van der Waals surface area contributed by atoms with Crippen molar-refractivity contribution in [3.05, 3.63) is 79.5 Å². The number of amides is 2. The molecular weight excluding hydrogens is 731 g/mol. The van der Waals surface area contributed by atoms with Gasteiger partial charge in [0.05, 0.1) is 47.7 Å². The number of aryl methyl sites for hydroxylation is 2. The molecule has 0 aliphatic carbocycles. The summed E-state index contributed by atoms with van der Waals surface area (Å²) in [7, 11) is 0. The molecule has 0 bridgehead atoms. The van der Waals surface area contributed by atoms with Gasteiger partial charge in [-0.1, -0.05) is 35.3 Å². The Bertz CT molecular complexity index is 1870. The highest BCUT2D eigenvalue weighted by Gasteiger charge is 2.30. The smallest absolute Gasteiger partial charge is 0.410 e. The van der Waals surface area contributed by atoms with Gasteiger partial charge in [0.2, 0.25) is 0 Å². The van der Waals surface area contributed by atoms with E-state index in [-0.39, 0.29) is 12.2 Å². The SMILES string of the molecule is Cc1cc(-c2cc3n(n2)CCN(C(=O)OC(C)(C)C)C3)ccc1Cl.Cc1cc(-c2nn3c(c2Br)CN(C(=O)OC(C)(C)C)CC3)ccc1Cl. The number of benzene rings is 2. The van der Waals surface area contributed by atoms with Gasteiger partial charge in [0, 0.05) is 34.3 Å². The summed E-state index contributed by atoms with van der Waals surface area (Å²) in [5.41, 5.74) is 6.81. The van der Waals surface area contributed by atoms with Crippen LogP contribution in [0.5, 0.6) is 0 Å². The molecule has 0 unspecified atom stereocenters. The Kier molecular flexibility index (Phi) is 10.8. The third kappa shape index (κ3) is 8.98. The fourth-order valence-electron chi connectivity index (χ4n) is 5.44. The van der Waals surface area contributed by atoms with Crippen molar-refractivity contribution >= 4 is 51.3 Å². The number of fused-ring (bicyclic) bond motifs is 2. The van der Waals surface area contributed by atoms with Gasteiger partial charge in [-0.15, -0.1) is 0 Å². The van der Waals surface area contributed by atoms with Gasteiger partial charge >= 0.3 is 12.2 Å². The zero-order valence-electron chi connectivity index (χ0n) is 29.2. The summed E-state index contributed by atoms with van der Waals surface area (Å²) >= 11 is 15.9. The zero-order valence-corrected chi connectivity index (χ0v) is 32.3. The maximum Gasteiger partial charge on any atom is 0.410 e. The number of hydrogen-bond donors (Lipinski definition) is 0. The van der Waals surface area contributed by atoms with Crippen molar-refractivity contribution in [3.63, 3.8) is 0 Å². The fraction of sp³-hybridized carbons (Fsp3) is 0.444. The topological polar surface area (TPSA) is 94.7 Å². The van der Waals surface area contributed by atoms with Gasteiger partial charge < -0.3 is 19.3 Å². The summed E-state index contributed by atoms with van der Waals surface area (Å²) in [4.78, 5) is 28.0. The Hall–Kier alpha value is -3.54. The third-order valence-electron chi connectivity index (χ3n) is 7.90. The molecule has 49 heavy (non-hydrogen) atoms. The second-order valence-corrected chi connectivity index (χ2v) is 15.9. The second kappa shape index (κ2) is 14.4. The number of carbonyl (C=O) groups excluding carboxylic acids is 2. The van der Waals surface area contributed by atoms with Crippen LogP contribution < -0.4 is 0 Å². The fourth-order valence-corrected chi connectivity index (χ4v) is 6.31. The Morgan fingerprint density at radius 2 is 1.22 bits per heavy atom. The van der Waals surface area contributed by atoms with Crippen molar-refractivity contribution in [2.24, 2.45) is 0 Å². The van der Waals surface area contributed by atoms with E-state index in [0.717, 1.165) is 59.5 Å². The standard InChI is InChI=1S/C18H21BrClN3O2.C18H22ClN3O2/c1-11-9-12(5-6-13(11)20)16-15(19)14-10-22(7-8-23(14)21-16)17(24)25-18(2,3)4;1-12-9-13(5-6-15(12)19)16-10-14-11-21(7-8-22(14)20-16)17(23)24-18(2,3)4/h5-6,9H,7-8,10H2,1-4H3;5-6,9-10H,7-8,11H2,1-4H3. The molecule has 13 heteroatoms. The first-order valence-electron chi connectivity index (χ1n) is 16.2. The van der Waals surface area contributed by atoms with Gasteiger partial charge in [0.25, 0.3) is 0 Å². The number of nitrogens with zero attached hydrogens (tertiary/aromatic N) is 6. The molecular formula is C36H43BrCl2N6O4. The Labute approximate surface area is 306 Å². The predicted molar refractivity (Wildman–Crippen MR) is 196 cm³/mol. The normalized spacial score (nSPS) is 14.4. The lowest BCUT2D eigenvalue weighted by Gasteiger charge is -2.30. The number of rotatable bonds is 2. The van der Waals surface area contributed by atoms with Crippen LogP contribution in [0.25, 0.3) is 22.5 Å². The van der Waals surface area contributed by atoms with Gasteiger partial charge in [0.15, 0.2) is 0 Å². The maximum absolute atomic E-state index is 12.3. The number of ether oxygens (including phenoxy) is 2. The monoisotopic (exact) mass is 772 g/mol. The highest BCUT2D eigenvalue weighted by molar-refractivity contribution is 9.10. The van der Waals surface area contributed by atoms with Crippen LogP contribution in [0.15, 0.2) is 46.9 Å². The van der Waals surface area contributed by atoms with E-state index in [1.807, 2.05) is 107 Å². The maximum atomic E-state index is 12.3. The van der Waals surface area contributed by atoms with Crippen molar-refractivity contribution in [2.75, 3.05) is 13.1 Å². The van der Waals surface area contributed by atoms with Gasteiger partial charge in [-0.3, -0.25) is 9.36 Å². The van der Waals surface area contributed by atoms with Gasteiger partial charge in [-0.05, 0) is 113 Å². The van der Waals surface area contributed by atoms with Crippen LogP contribution in [0.3, 0.4) is 0 Å². The van der Waals surface area contributed by atoms with Crippen molar-refractivity contribution in [1.82, 2.24) is 29.4 Å². The minimum Gasteiger partial charge on any atom is -0.444 e. The van der Waals surface area contributed by atoms with E-state index in [4.69, 9.17) is 37.8 Å². The molecule has 10 nitrogen and oxygen atoms in total. The van der Waals surface area contributed by atoms with E-state index < -0.39 is 11.2 Å². The van der Waals surface area contributed by atoms with Crippen LogP contribution in [-0.2, 0) is 35.7 Å². The van der Waals surface area contributed by atoms with E-state index >= 15 is 0 Å². The summed E-state index contributed by atoms with van der Waals surface area (Å²) in [5.74, 6) is 0. The quantitative estimate of drug-likeness (QED) is 0.202. The van der Waals surface area contributed by atoms with E-state index in [9.17, 15) is 9.59 Å². The minimum absolute atomic E-state index is 0.279. The molecule has 0 spiro atoms. The molecule has 2 amide bonds. The minimum atomic E-state index is -0.502. The van der Waals surface area contributed by atoms with E-state index in [1.165, 1.54) is 0 Å². The number of aromatic nitrogens is 4. The van der Waals surface area contributed by atoms with E-state index in [0.29, 0.717) is 39.3 Å². The van der Waals surface area contributed by atoms with Crippen LogP contribution in [0, 0.1) is 13.8 Å². The Morgan fingerprint density at radius 1 is 0.714 bits per heavy atom. The molecule has 262 valence electrons. The van der Waals surface area contributed by atoms with E-state index in [2.05, 4.69) is 21.0 Å². The Morgan fingerprint density at radius 3 is 1.78 bits per heavy atom. The largest absolute Gasteiger partial charge is 0.444 e. The van der Waals surface area contributed by atoms with Crippen LogP contribution >= 0.6 is 39.1 Å².